The number of nitrogens with zero attached hydrogens (tertiary/aromatic N) is 1. The predicted octanol–water partition coefficient (Wildman–Crippen LogP) is 3.47. The van der Waals surface area contributed by atoms with E-state index in [1.165, 1.54) is 10.1 Å². The van der Waals surface area contributed by atoms with Crippen LogP contribution in [0.3, 0.4) is 0 Å². The Bertz CT molecular complexity index is 581. The summed E-state index contributed by atoms with van der Waals surface area (Å²) >= 11 is 1.56. The smallest absolute Gasteiger partial charge is 0.197 e. The van der Waals surface area contributed by atoms with Gasteiger partial charge < -0.3 is 4.90 Å². The van der Waals surface area contributed by atoms with E-state index in [1.54, 1.807) is 23.6 Å². The van der Waals surface area contributed by atoms with E-state index in [9.17, 15) is 4.79 Å². The molecule has 1 aromatic carbocycles. The lowest BCUT2D eigenvalue weighted by molar-refractivity contribution is 0.104. The summed E-state index contributed by atoms with van der Waals surface area (Å²) in [5.41, 5.74) is 1.08. The summed E-state index contributed by atoms with van der Waals surface area (Å²) in [7, 11) is 3.81. The van der Waals surface area contributed by atoms with Crippen molar-refractivity contribution in [3.8, 4) is 0 Å². The quantitative estimate of drug-likeness (QED) is 0.609. The summed E-state index contributed by atoms with van der Waals surface area (Å²) in [5.74, 6) is 0.0809. The molecule has 88 valence electrons. The van der Waals surface area contributed by atoms with E-state index in [2.05, 4.69) is 12.1 Å². The molecule has 0 bridgehead atoms. The molecule has 0 fully saturated rings. The molecule has 0 saturated carbocycles. The molecule has 3 heteroatoms. The van der Waals surface area contributed by atoms with Gasteiger partial charge >= 0.3 is 0 Å². The number of ketones is 1. The zero-order valence-electron chi connectivity index (χ0n) is 10.2. The third-order valence-corrected chi connectivity index (χ3v) is 3.88. The van der Waals surface area contributed by atoms with Crippen molar-refractivity contribution in [3.63, 3.8) is 0 Å². The predicted molar refractivity (Wildman–Crippen MR) is 73.7 cm³/mol. The Labute approximate surface area is 105 Å². The van der Waals surface area contributed by atoms with E-state index >= 15 is 0 Å². The van der Waals surface area contributed by atoms with Crippen LogP contribution in [0.5, 0.6) is 0 Å². The summed E-state index contributed by atoms with van der Waals surface area (Å²) in [6.07, 6.45) is 3.41. The maximum Gasteiger partial charge on any atom is 0.197 e. The molecule has 0 radical (unpaired) electrons. The zero-order valence-corrected chi connectivity index (χ0v) is 11.0. The van der Waals surface area contributed by atoms with Crippen molar-refractivity contribution >= 4 is 27.2 Å². The highest BCUT2D eigenvalue weighted by Crippen LogP contribution is 2.30. The van der Waals surface area contributed by atoms with E-state index in [0.29, 0.717) is 0 Å². The third-order valence-electron chi connectivity index (χ3n) is 2.59. The minimum atomic E-state index is 0.0809. The lowest BCUT2D eigenvalue weighted by atomic mass is 10.1. The molecule has 0 atom stereocenters. The molecule has 0 aliphatic rings. The van der Waals surface area contributed by atoms with Gasteiger partial charge in [0.25, 0.3) is 0 Å². The first-order chi connectivity index (χ1) is 8.09. The van der Waals surface area contributed by atoms with Crippen LogP contribution in [0.25, 0.3) is 10.1 Å². The monoisotopic (exact) mass is 245 g/mol. The van der Waals surface area contributed by atoms with Gasteiger partial charge in [-0.25, -0.2) is 0 Å². The van der Waals surface area contributed by atoms with Crippen molar-refractivity contribution in [2.75, 3.05) is 14.1 Å². The maximum atomic E-state index is 12.0. The second kappa shape index (κ2) is 4.72. The van der Waals surface area contributed by atoms with E-state index in [4.69, 9.17) is 0 Å². The van der Waals surface area contributed by atoms with Gasteiger partial charge in [-0.1, -0.05) is 18.2 Å². The van der Waals surface area contributed by atoms with Gasteiger partial charge in [-0.3, -0.25) is 4.79 Å². The number of carbonyl (C=O) groups excluding carboxylic acids is 1. The Balaban J connectivity index is 2.42. The molecule has 17 heavy (non-hydrogen) atoms. The fourth-order valence-electron chi connectivity index (χ4n) is 1.70. The normalized spacial score (nSPS) is 11.2. The molecule has 0 spiro atoms. The second-order valence-corrected chi connectivity index (χ2v) is 5.25. The van der Waals surface area contributed by atoms with Crippen molar-refractivity contribution < 1.29 is 4.79 Å². The molecular formula is C14H15NOS. The summed E-state index contributed by atoms with van der Waals surface area (Å²) in [5, 5.41) is 1.18. The molecule has 0 unspecified atom stereocenters. The van der Waals surface area contributed by atoms with Gasteiger partial charge in [-0.15, -0.1) is 11.3 Å². The Morgan fingerprint density at radius 1 is 1.29 bits per heavy atom. The fraction of sp³-hybridized carbons (Fsp3) is 0.214. The summed E-state index contributed by atoms with van der Waals surface area (Å²) in [4.78, 5) is 14.7. The number of allylic oxidation sites excluding steroid dienone is 1. The first-order valence-corrected chi connectivity index (χ1v) is 6.28. The average molecular weight is 245 g/mol. The van der Waals surface area contributed by atoms with Gasteiger partial charge in [0.1, 0.15) is 0 Å². The molecule has 0 saturated heterocycles. The van der Waals surface area contributed by atoms with Crippen molar-refractivity contribution in [1.29, 1.82) is 0 Å². The molecule has 0 aliphatic carbocycles. The number of aryl methyl sites for hydroxylation is 1. The number of fused-ring (bicyclic) bond motifs is 1. The van der Waals surface area contributed by atoms with Gasteiger partial charge in [0.2, 0.25) is 0 Å². The number of benzene rings is 1. The van der Waals surface area contributed by atoms with Crippen LogP contribution in [0.1, 0.15) is 15.2 Å². The van der Waals surface area contributed by atoms with Gasteiger partial charge in [0.15, 0.2) is 5.78 Å². The highest BCUT2D eigenvalue weighted by atomic mass is 32.1. The van der Waals surface area contributed by atoms with Gasteiger partial charge in [0.05, 0.1) is 4.88 Å². The number of rotatable bonds is 3. The minimum Gasteiger partial charge on any atom is -0.383 e. The highest BCUT2D eigenvalue weighted by Gasteiger charge is 2.12. The molecule has 2 aromatic rings. The number of hydrogen-bond donors (Lipinski definition) is 0. The van der Waals surface area contributed by atoms with Crippen LogP contribution in [0.4, 0.5) is 0 Å². The maximum absolute atomic E-state index is 12.0. The molecule has 0 N–H and O–H groups in total. The summed E-state index contributed by atoms with van der Waals surface area (Å²) < 4.78 is 1.17. The molecule has 1 heterocycles. The Morgan fingerprint density at radius 2 is 2.00 bits per heavy atom. The Hall–Kier alpha value is -1.61. The lowest BCUT2D eigenvalue weighted by Crippen LogP contribution is -2.02. The van der Waals surface area contributed by atoms with E-state index in [0.717, 1.165) is 10.4 Å². The van der Waals surface area contributed by atoms with Crippen LogP contribution in [0, 0.1) is 6.92 Å². The fourth-order valence-corrected chi connectivity index (χ4v) is 2.83. The third kappa shape index (κ3) is 2.39. The number of thiophene rings is 1. The molecule has 0 amide bonds. The second-order valence-electron chi connectivity index (χ2n) is 4.20. The average Bonchev–Trinajstić information content (AvgIpc) is 2.64. The Kier molecular flexibility index (Phi) is 3.29. The Morgan fingerprint density at radius 3 is 2.65 bits per heavy atom. The van der Waals surface area contributed by atoms with Crippen LogP contribution in [-0.2, 0) is 0 Å². The van der Waals surface area contributed by atoms with Crippen LogP contribution in [0.15, 0.2) is 36.5 Å². The zero-order chi connectivity index (χ0) is 12.4. The number of hydrogen-bond acceptors (Lipinski definition) is 3. The lowest BCUT2D eigenvalue weighted by Gasteiger charge is -2.02. The largest absolute Gasteiger partial charge is 0.383 e. The van der Waals surface area contributed by atoms with Crippen LogP contribution in [0.2, 0.25) is 0 Å². The topological polar surface area (TPSA) is 20.3 Å². The molecule has 0 aliphatic heterocycles. The summed E-state index contributed by atoms with van der Waals surface area (Å²) in [6.45, 7) is 2.01. The van der Waals surface area contributed by atoms with Crippen molar-refractivity contribution in [2.45, 2.75) is 6.92 Å². The van der Waals surface area contributed by atoms with Crippen LogP contribution < -0.4 is 0 Å². The molecular weight excluding hydrogens is 230 g/mol. The van der Waals surface area contributed by atoms with E-state index in [1.807, 2.05) is 38.1 Å². The van der Waals surface area contributed by atoms with Gasteiger partial charge in [-0.2, -0.15) is 0 Å². The van der Waals surface area contributed by atoms with Gasteiger partial charge in [0, 0.05) is 31.1 Å². The highest BCUT2D eigenvalue weighted by molar-refractivity contribution is 7.21. The van der Waals surface area contributed by atoms with E-state index in [-0.39, 0.29) is 5.78 Å². The number of carbonyl (C=O) groups is 1. The minimum absolute atomic E-state index is 0.0809. The summed E-state index contributed by atoms with van der Waals surface area (Å²) in [6, 6.07) is 8.13. The van der Waals surface area contributed by atoms with Crippen molar-refractivity contribution in [3.05, 3.63) is 47.0 Å². The molecule has 2 rings (SSSR count). The molecule has 1 aromatic heterocycles. The van der Waals surface area contributed by atoms with E-state index < -0.39 is 0 Å². The first kappa shape index (κ1) is 11.9. The first-order valence-electron chi connectivity index (χ1n) is 5.46. The van der Waals surface area contributed by atoms with Gasteiger partial charge in [-0.05, 0) is 23.9 Å². The molecule has 2 nitrogen and oxygen atoms in total. The van der Waals surface area contributed by atoms with Crippen molar-refractivity contribution in [2.24, 2.45) is 0 Å². The van der Waals surface area contributed by atoms with Crippen LogP contribution in [-0.4, -0.2) is 24.8 Å². The standard InChI is InChI=1S/C14H15NOS/c1-10-11-6-4-5-7-13(11)17-14(10)12(16)8-9-15(2)3/h4-9H,1-3H3/b9-8+. The SMILES string of the molecule is Cc1c(C(=O)/C=C/N(C)C)sc2ccccc12. The van der Waals surface area contributed by atoms with Crippen molar-refractivity contribution in [1.82, 2.24) is 4.90 Å². The van der Waals surface area contributed by atoms with Crippen LogP contribution >= 0.6 is 11.3 Å².